The summed E-state index contributed by atoms with van der Waals surface area (Å²) in [4.78, 5) is 0. The van der Waals surface area contributed by atoms with E-state index in [1.807, 2.05) is 0 Å². The third kappa shape index (κ3) is 2.56. The van der Waals surface area contributed by atoms with Crippen molar-refractivity contribution in [3.8, 4) is 0 Å². The van der Waals surface area contributed by atoms with E-state index in [1.54, 1.807) is 0 Å². The van der Waals surface area contributed by atoms with Crippen LogP contribution in [0, 0.1) is 86.3 Å². The van der Waals surface area contributed by atoms with Crippen LogP contribution >= 0.6 is 0 Å². The molecule has 5 aliphatic carbocycles. The molecule has 5 saturated carbocycles. The molecule has 0 saturated heterocycles. The minimum absolute atomic E-state index is 0.457. The summed E-state index contributed by atoms with van der Waals surface area (Å²) in [6.07, 6.45) is 8.85. The maximum absolute atomic E-state index is 2.82. The molecule has 5 fully saturated rings. The molecule has 0 bridgehead atoms. The SMILES string of the molecule is CCC(C)C12CCC(C)CC1(CC1(C)C(C)C(C)C3C4C(C)C(C)(C)C4C31)CC(C)C2(C)C. The van der Waals surface area contributed by atoms with E-state index in [0.717, 1.165) is 59.2 Å². The summed E-state index contributed by atoms with van der Waals surface area (Å²) in [5, 5.41) is 0. The molecule has 0 amide bonds. The first-order chi connectivity index (χ1) is 15.1. The monoisotopic (exact) mass is 454 g/mol. The van der Waals surface area contributed by atoms with Gasteiger partial charge in [0, 0.05) is 0 Å². The van der Waals surface area contributed by atoms with Crippen molar-refractivity contribution in [1.82, 2.24) is 0 Å². The maximum atomic E-state index is 2.82. The molecule has 0 aromatic carbocycles. The summed E-state index contributed by atoms with van der Waals surface area (Å²) < 4.78 is 0. The van der Waals surface area contributed by atoms with Gasteiger partial charge in [0.05, 0.1) is 0 Å². The highest BCUT2D eigenvalue weighted by atomic mass is 14.8. The van der Waals surface area contributed by atoms with E-state index in [9.17, 15) is 0 Å². The highest BCUT2D eigenvalue weighted by Crippen LogP contribution is 2.84. The second kappa shape index (κ2) is 7.06. The summed E-state index contributed by atoms with van der Waals surface area (Å²) in [5.41, 5.74) is 2.61. The molecule has 5 aliphatic rings. The lowest BCUT2D eigenvalue weighted by Gasteiger charge is -2.74. The molecule has 13 unspecified atom stereocenters. The van der Waals surface area contributed by atoms with Crippen molar-refractivity contribution in [2.24, 2.45) is 86.3 Å². The Balaban J connectivity index is 1.60. The van der Waals surface area contributed by atoms with Gasteiger partial charge in [0.2, 0.25) is 0 Å². The lowest BCUT2D eigenvalue weighted by Crippen LogP contribution is -2.70. The molecular weight excluding hydrogens is 396 g/mol. The fraction of sp³-hybridized carbons (Fsp3) is 1.00. The van der Waals surface area contributed by atoms with Crippen LogP contribution < -0.4 is 0 Å². The summed E-state index contributed by atoms with van der Waals surface area (Å²) >= 11 is 0. The van der Waals surface area contributed by atoms with Crippen LogP contribution in [0.15, 0.2) is 0 Å². The van der Waals surface area contributed by atoms with Crippen LogP contribution in [-0.4, -0.2) is 0 Å². The van der Waals surface area contributed by atoms with Crippen LogP contribution in [0.1, 0.15) is 122 Å². The molecular formula is C33H58. The van der Waals surface area contributed by atoms with E-state index in [4.69, 9.17) is 0 Å². The van der Waals surface area contributed by atoms with Gasteiger partial charge in [-0.3, -0.25) is 0 Å². The Labute approximate surface area is 207 Å². The molecule has 0 heterocycles. The topological polar surface area (TPSA) is 0 Å². The average molecular weight is 455 g/mol. The third-order valence-corrected chi connectivity index (χ3v) is 15.4. The third-order valence-electron chi connectivity index (χ3n) is 15.4. The van der Waals surface area contributed by atoms with Crippen molar-refractivity contribution in [1.29, 1.82) is 0 Å². The molecule has 0 nitrogen and oxygen atoms in total. The van der Waals surface area contributed by atoms with Crippen LogP contribution in [0.2, 0.25) is 0 Å². The molecule has 0 radical (unpaired) electrons. The van der Waals surface area contributed by atoms with Gasteiger partial charge in [0.1, 0.15) is 0 Å². The fourth-order valence-electron chi connectivity index (χ4n) is 13.2. The van der Waals surface area contributed by atoms with E-state index in [1.165, 1.54) is 38.5 Å². The molecule has 0 aromatic rings. The predicted octanol–water partition coefficient (Wildman–Crippen LogP) is 9.73. The van der Waals surface area contributed by atoms with Gasteiger partial charge < -0.3 is 0 Å². The molecule has 5 rings (SSSR count). The predicted molar refractivity (Wildman–Crippen MR) is 143 cm³/mol. The second-order valence-electron chi connectivity index (χ2n) is 16.4. The molecule has 0 heteroatoms. The average Bonchev–Trinajstić information content (AvgIpc) is 2.96. The van der Waals surface area contributed by atoms with Crippen molar-refractivity contribution in [2.75, 3.05) is 0 Å². The Bertz CT molecular complexity index is 784. The highest BCUT2D eigenvalue weighted by molar-refractivity contribution is 5.26. The minimum Gasteiger partial charge on any atom is -0.0651 e. The molecule has 190 valence electrons. The van der Waals surface area contributed by atoms with Gasteiger partial charge in [0.25, 0.3) is 0 Å². The summed E-state index contributed by atoms with van der Waals surface area (Å²) in [5.74, 6) is 9.35. The molecule has 0 aliphatic heterocycles. The zero-order valence-electron chi connectivity index (χ0n) is 24.5. The first kappa shape index (κ1) is 24.7. The van der Waals surface area contributed by atoms with E-state index in [0.29, 0.717) is 27.1 Å². The van der Waals surface area contributed by atoms with E-state index in [-0.39, 0.29) is 0 Å². The van der Waals surface area contributed by atoms with Crippen LogP contribution in [0.5, 0.6) is 0 Å². The Morgan fingerprint density at radius 3 is 2.06 bits per heavy atom. The van der Waals surface area contributed by atoms with Gasteiger partial charge in [-0.2, -0.15) is 0 Å². The van der Waals surface area contributed by atoms with Crippen LogP contribution in [0.25, 0.3) is 0 Å². The molecule has 0 aromatic heterocycles. The molecule has 0 N–H and O–H groups in total. The number of rotatable bonds is 4. The van der Waals surface area contributed by atoms with Gasteiger partial charge in [-0.05, 0) is 112 Å². The van der Waals surface area contributed by atoms with Crippen molar-refractivity contribution < 1.29 is 0 Å². The van der Waals surface area contributed by atoms with Gasteiger partial charge in [-0.1, -0.05) is 95.9 Å². The van der Waals surface area contributed by atoms with Crippen molar-refractivity contribution in [3.63, 3.8) is 0 Å². The van der Waals surface area contributed by atoms with E-state index < -0.39 is 0 Å². The quantitative estimate of drug-likeness (QED) is 0.396. The lowest BCUT2D eigenvalue weighted by molar-refractivity contribution is -0.269. The molecule has 0 spiro atoms. The Kier molecular flexibility index (Phi) is 5.28. The van der Waals surface area contributed by atoms with Gasteiger partial charge >= 0.3 is 0 Å². The maximum Gasteiger partial charge on any atom is -0.0161 e. The summed E-state index contributed by atoms with van der Waals surface area (Å²) in [6, 6.07) is 0. The number of fused-ring (bicyclic) bond motifs is 5. The summed E-state index contributed by atoms with van der Waals surface area (Å²) in [7, 11) is 0. The fourth-order valence-corrected chi connectivity index (χ4v) is 13.2. The zero-order valence-corrected chi connectivity index (χ0v) is 24.5. The Morgan fingerprint density at radius 1 is 0.818 bits per heavy atom. The van der Waals surface area contributed by atoms with Crippen LogP contribution in [-0.2, 0) is 0 Å². The lowest BCUT2D eigenvalue weighted by atomic mass is 9.30. The van der Waals surface area contributed by atoms with Gasteiger partial charge in [0.15, 0.2) is 0 Å². The Hall–Kier alpha value is 0. The highest BCUT2D eigenvalue weighted by Gasteiger charge is 2.78. The van der Waals surface area contributed by atoms with E-state index in [2.05, 4.69) is 83.1 Å². The van der Waals surface area contributed by atoms with E-state index >= 15 is 0 Å². The zero-order chi connectivity index (χ0) is 24.5. The minimum atomic E-state index is 0.457. The normalized spacial score (nSPS) is 59.1. The summed E-state index contributed by atoms with van der Waals surface area (Å²) in [6.45, 7) is 31.8. The van der Waals surface area contributed by atoms with Gasteiger partial charge in [-0.25, -0.2) is 0 Å². The number of hydrogen-bond donors (Lipinski definition) is 0. The Morgan fingerprint density at radius 2 is 1.45 bits per heavy atom. The van der Waals surface area contributed by atoms with Crippen molar-refractivity contribution in [2.45, 2.75) is 122 Å². The first-order valence-corrected chi connectivity index (χ1v) is 15.1. The largest absolute Gasteiger partial charge is 0.0651 e. The van der Waals surface area contributed by atoms with Crippen LogP contribution in [0.3, 0.4) is 0 Å². The standard InChI is InChI=1S/C33H58/c1-13-20(3)33-15-14-19(2)16-32(33,17-21(4)30(33,10)11)18-31(12)23(6)22(5)25-26-24(7)29(8,9)27(26)28(25)31/h19-28H,13-18H2,1-12H3. The molecule has 33 heavy (non-hydrogen) atoms. The molecule has 13 atom stereocenters. The first-order valence-electron chi connectivity index (χ1n) is 15.1. The van der Waals surface area contributed by atoms with Crippen molar-refractivity contribution >= 4 is 0 Å². The van der Waals surface area contributed by atoms with Crippen molar-refractivity contribution in [3.05, 3.63) is 0 Å². The number of hydrogen-bond acceptors (Lipinski definition) is 0. The smallest absolute Gasteiger partial charge is 0.0161 e. The van der Waals surface area contributed by atoms with Crippen LogP contribution in [0.4, 0.5) is 0 Å². The van der Waals surface area contributed by atoms with Gasteiger partial charge in [-0.15, -0.1) is 0 Å². The second-order valence-corrected chi connectivity index (χ2v) is 16.4.